The van der Waals surface area contributed by atoms with E-state index >= 15 is 0 Å². The molecule has 9 nitrogen and oxygen atoms in total. The molecular weight excluding hydrogens is 460 g/mol. The molecule has 0 radical (unpaired) electrons. The van der Waals surface area contributed by atoms with Crippen molar-refractivity contribution in [3.05, 3.63) is 0 Å². The van der Waals surface area contributed by atoms with Crippen molar-refractivity contribution in [1.29, 1.82) is 0 Å². The number of hydrogen-bond donors (Lipinski definition) is 1. The zero-order valence-electron chi connectivity index (χ0n) is 22.6. The predicted octanol–water partition coefficient (Wildman–Crippen LogP) is 3.29. The summed E-state index contributed by atoms with van der Waals surface area (Å²) in [6.45, 7) is 22.3. The molecule has 4 heterocycles. The fourth-order valence-electron chi connectivity index (χ4n) is 5.01. The van der Waals surface area contributed by atoms with Crippen LogP contribution in [0.1, 0.15) is 62.3 Å². The molecule has 0 aliphatic carbocycles. The lowest BCUT2D eigenvalue weighted by Crippen LogP contribution is -2.79. The second-order valence-corrected chi connectivity index (χ2v) is 17.7. The van der Waals surface area contributed by atoms with E-state index in [1.54, 1.807) is 0 Å². The first-order valence-corrected chi connectivity index (χ1v) is 15.2. The van der Waals surface area contributed by atoms with Gasteiger partial charge in [-0.05, 0) is 59.7 Å². The van der Waals surface area contributed by atoms with E-state index in [2.05, 4.69) is 33.9 Å². The topological polar surface area (TPSA) is 94.1 Å². The quantitative estimate of drug-likeness (QED) is 0.581. The minimum absolute atomic E-state index is 0.0908. The Labute approximate surface area is 204 Å². The van der Waals surface area contributed by atoms with Gasteiger partial charge in [0.1, 0.15) is 18.3 Å². The van der Waals surface area contributed by atoms with Crippen LogP contribution in [0, 0.1) is 0 Å². The Hall–Kier alpha value is -0.143. The van der Waals surface area contributed by atoms with E-state index in [1.807, 2.05) is 41.5 Å². The third-order valence-corrected chi connectivity index (χ3v) is 12.3. The van der Waals surface area contributed by atoms with Crippen LogP contribution in [0.25, 0.3) is 0 Å². The summed E-state index contributed by atoms with van der Waals surface area (Å²) in [5.41, 5.74) is -2.57. The normalized spacial score (nSPS) is 43.8. The molecule has 198 valence electrons. The molecule has 0 saturated carbocycles. The van der Waals surface area contributed by atoms with Crippen molar-refractivity contribution in [3.63, 3.8) is 0 Å². The van der Waals surface area contributed by atoms with Gasteiger partial charge in [0.2, 0.25) is 0 Å². The molecule has 4 saturated heterocycles. The Morgan fingerprint density at radius 1 is 0.824 bits per heavy atom. The molecule has 4 aliphatic heterocycles. The Bertz CT molecular complexity index is 792. The van der Waals surface area contributed by atoms with Crippen molar-refractivity contribution in [2.24, 2.45) is 0 Å². The van der Waals surface area contributed by atoms with E-state index in [9.17, 15) is 5.11 Å². The number of hydrogen-bond acceptors (Lipinski definition) is 9. The molecule has 0 amide bonds. The molecule has 1 N–H and O–H groups in total. The van der Waals surface area contributed by atoms with Gasteiger partial charge in [-0.25, -0.2) is 0 Å². The lowest BCUT2D eigenvalue weighted by Gasteiger charge is -2.57. The molecule has 2 spiro atoms. The maximum Gasteiger partial charge on any atom is 0.195 e. The molecule has 4 fully saturated rings. The SMILES string of the molecule is CC1(C)OC[C@@H]([C@@H]2O[C@@H](O[Si](C)(C)C(C)(C)C)[C@@]3(COC(C)(C)O3)[C@@]3(COC(C)(C)O3)[C@@H]2O)O1. The van der Waals surface area contributed by atoms with E-state index in [0.29, 0.717) is 0 Å². The Morgan fingerprint density at radius 3 is 1.76 bits per heavy atom. The smallest absolute Gasteiger partial charge is 0.195 e. The Balaban J connectivity index is 1.82. The summed E-state index contributed by atoms with van der Waals surface area (Å²) in [6.07, 6.45) is -3.33. The number of aliphatic hydroxyl groups excluding tert-OH is 1. The van der Waals surface area contributed by atoms with Gasteiger partial charge in [0.15, 0.2) is 43.2 Å². The van der Waals surface area contributed by atoms with Crippen LogP contribution in [0.5, 0.6) is 0 Å². The largest absolute Gasteiger partial charge is 0.390 e. The van der Waals surface area contributed by atoms with Gasteiger partial charge in [-0.3, -0.25) is 0 Å². The second-order valence-electron chi connectivity index (χ2n) is 13.0. The maximum absolute atomic E-state index is 11.9. The molecule has 6 atom stereocenters. The lowest BCUT2D eigenvalue weighted by atomic mass is 9.73. The van der Waals surface area contributed by atoms with Crippen LogP contribution in [0.2, 0.25) is 18.1 Å². The monoisotopic (exact) mass is 504 g/mol. The fraction of sp³-hybridized carbons (Fsp3) is 1.00. The standard InChI is InChI=1S/C24H44O9Si/c1-19(2,3)34(10,11)31-18-24(14-28-22(8,9)33-24)23(13-27-21(6,7)32-23)17(25)16(29-18)15-12-26-20(4,5)30-15/h15-18,25H,12-14H2,1-11H3/t15-,16-,17+,18-,23+,24-/m0/s1. The highest BCUT2D eigenvalue weighted by molar-refractivity contribution is 6.74. The van der Waals surface area contributed by atoms with E-state index < -0.39 is 61.5 Å². The first kappa shape index (κ1) is 26.9. The Kier molecular flexibility index (Phi) is 6.27. The molecular formula is C24H44O9Si. The van der Waals surface area contributed by atoms with Gasteiger partial charge in [-0.15, -0.1) is 0 Å². The van der Waals surface area contributed by atoms with E-state index in [-0.39, 0.29) is 24.9 Å². The highest BCUT2D eigenvalue weighted by Gasteiger charge is 2.76. The average Bonchev–Trinajstić information content (AvgIpc) is 3.29. The summed E-state index contributed by atoms with van der Waals surface area (Å²) in [5, 5.41) is 11.8. The van der Waals surface area contributed by atoms with Crippen LogP contribution >= 0.6 is 0 Å². The van der Waals surface area contributed by atoms with Gasteiger partial charge in [0, 0.05) is 0 Å². The lowest BCUT2D eigenvalue weighted by molar-refractivity contribution is -0.381. The van der Waals surface area contributed by atoms with Crippen LogP contribution in [-0.2, 0) is 37.6 Å². The number of aliphatic hydroxyl groups is 1. The molecule has 4 aliphatic rings. The zero-order valence-corrected chi connectivity index (χ0v) is 23.6. The van der Waals surface area contributed by atoms with Crippen LogP contribution in [-0.4, -0.2) is 86.4 Å². The van der Waals surface area contributed by atoms with Gasteiger partial charge >= 0.3 is 0 Å². The van der Waals surface area contributed by atoms with E-state index in [1.165, 1.54) is 0 Å². The molecule has 4 rings (SSSR count). The van der Waals surface area contributed by atoms with Gasteiger partial charge < -0.3 is 42.7 Å². The van der Waals surface area contributed by atoms with Crippen molar-refractivity contribution in [3.8, 4) is 0 Å². The van der Waals surface area contributed by atoms with E-state index in [0.717, 1.165) is 0 Å². The van der Waals surface area contributed by atoms with Crippen molar-refractivity contribution in [2.45, 2.75) is 134 Å². The summed E-state index contributed by atoms with van der Waals surface area (Å²) in [6, 6.07) is 0. The minimum atomic E-state index is -2.37. The zero-order chi connectivity index (χ0) is 25.6. The van der Waals surface area contributed by atoms with Crippen molar-refractivity contribution >= 4 is 8.32 Å². The molecule has 10 heteroatoms. The Morgan fingerprint density at radius 2 is 1.35 bits per heavy atom. The van der Waals surface area contributed by atoms with Gasteiger partial charge in [-0.1, -0.05) is 20.8 Å². The summed E-state index contributed by atoms with van der Waals surface area (Å²) in [4.78, 5) is 0. The van der Waals surface area contributed by atoms with Crippen LogP contribution in [0.15, 0.2) is 0 Å². The molecule has 0 aromatic carbocycles. The fourth-order valence-corrected chi connectivity index (χ4v) is 6.15. The summed E-state index contributed by atoms with van der Waals surface area (Å²) in [5.74, 6) is -2.66. The van der Waals surface area contributed by atoms with Gasteiger partial charge in [-0.2, -0.15) is 0 Å². The summed E-state index contributed by atoms with van der Waals surface area (Å²) < 4.78 is 50.8. The van der Waals surface area contributed by atoms with Crippen LogP contribution in [0.3, 0.4) is 0 Å². The van der Waals surface area contributed by atoms with Gasteiger partial charge in [0.05, 0.1) is 19.8 Å². The first-order valence-electron chi connectivity index (χ1n) is 12.3. The van der Waals surface area contributed by atoms with Crippen molar-refractivity contribution in [1.82, 2.24) is 0 Å². The minimum Gasteiger partial charge on any atom is -0.390 e. The highest BCUT2D eigenvalue weighted by Crippen LogP contribution is 2.56. The molecule has 0 aromatic heterocycles. The molecule has 0 bridgehead atoms. The maximum atomic E-state index is 11.9. The predicted molar refractivity (Wildman–Crippen MR) is 126 cm³/mol. The highest BCUT2D eigenvalue weighted by atomic mass is 28.4. The number of rotatable bonds is 3. The molecule has 0 aromatic rings. The summed E-state index contributed by atoms with van der Waals surface area (Å²) in [7, 11) is -2.37. The molecule has 34 heavy (non-hydrogen) atoms. The molecule has 0 unspecified atom stereocenters. The van der Waals surface area contributed by atoms with Gasteiger partial charge in [0.25, 0.3) is 0 Å². The third-order valence-electron chi connectivity index (χ3n) is 7.90. The number of ether oxygens (including phenoxy) is 7. The second kappa shape index (κ2) is 7.93. The van der Waals surface area contributed by atoms with E-state index in [4.69, 9.17) is 37.6 Å². The van der Waals surface area contributed by atoms with Crippen LogP contribution in [0.4, 0.5) is 0 Å². The number of fused-ring (bicyclic) bond motifs is 1. The summed E-state index contributed by atoms with van der Waals surface area (Å²) >= 11 is 0. The first-order chi connectivity index (χ1) is 15.3. The third kappa shape index (κ3) is 4.31. The average molecular weight is 505 g/mol. The van der Waals surface area contributed by atoms with Crippen molar-refractivity contribution in [2.75, 3.05) is 19.8 Å². The van der Waals surface area contributed by atoms with Crippen molar-refractivity contribution < 1.29 is 42.7 Å². The van der Waals surface area contributed by atoms with Crippen LogP contribution < -0.4 is 0 Å².